The van der Waals surface area contributed by atoms with E-state index < -0.39 is 33.7 Å². The van der Waals surface area contributed by atoms with Gasteiger partial charge in [-0.1, -0.05) is 0 Å². The minimum absolute atomic E-state index is 0.494. The molecule has 11 heteroatoms. The van der Waals surface area contributed by atoms with Gasteiger partial charge in [0, 0.05) is 6.92 Å². The summed E-state index contributed by atoms with van der Waals surface area (Å²) in [5, 5.41) is 0. The first-order valence-electron chi connectivity index (χ1n) is 3.11. The van der Waals surface area contributed by atoms with Crippen LogP contribution in [0, 0.1) is 0 Å². The fraction of sp³-hybridized carbons (Fsp3) is 1.00. The van der Waals surface area contributed by atoms with Crippen LogP contribution >= 0.6 is 0 Å². The summed E-state index contributed by atoms with van der Waals surface area (Å²) in [6, 6.07) is 0. The quantitative estimate of drug-likeness (QED) is 0.433. The minimum atomic E-state index is -7.45. The number of hydrogen-bond donors (Lipinski definition) is 0. The molecule has 0 aromatic heterocycles. The molecule has 0 N–H and O–H groups in total. The van der Waals surface area contributed by atoms with Crippen LogP contribution in [0.1, 0.15) is 6.92 Å². The Morgan fingerprint density at radius 3 is 1.40 bits per heavy atom. The zero-order chi connectivity index (χ0) is 12.7. The molecule has 0 spiro atoms. The van der Waals surface area contributed by atoms with Crippen LogP contribution in [0.25, 0.3) is 0 Å². The van der Waals surface area contributed by atoms with Crippen LogP contribution in [0.5, 0.6) is 0 Å². The lowest BCUT2D eigenvalue weighted by molar-refractivity contribution is -0.372. The van der Waals surface area contributed by atoms with Gasteiger partial charge in [0.05, 0.1) is 0 Å². The summed E-state index contributed by atoms with van der Waals surface area (Å²) < 4.78 is 108. The zero-order valence-corrected chi connectivity index (χ0v) is 7.81. The SMILES string of the molecule is CC(F)(F)[Si](F)(F)OC(F)(F)C(F)(F)F. The fourth-order valence-corrected chi connectivity index (χ4v) is 0.925. The zero-order valence-electron chi connectivity index (χ0n) is 6.81. The number of rotatable bonds is 3. The van der Waals surface area contributed by atoms with E-state index in [2.05, 4.69) is 0 Å². The summed E-state index contributed by atoms with van der Waals surface area (Å²) >= 11 is 0. The summed E-state index contributed by atoms with van der Waals surface area (Å²) in [4.78, 5) is 0. The third-order valence-electron chi connectivity index (χ3n) is 1.10. The molecule has 0 aliphatic rings. The molecule has 0 fully saturated rings. The van der Waals surface area contributed by atoms with Crippen molar-refractivity contribution in [3.63, 3.8) is 0 Å². The van der Waals surface area contributed by atoms with E-state index in [4.69, 9.17) is 0 Å². The topological polar surface area (TPSA) is 9.23 Å². The highest BCUT2D eigenvalue weighted by Gasteiger charge is 2.72. The molecule has 92 valence electrons. The van der Waals surface area contributed by atoms with E-state index in [-0.39, 0.29) is 0 Å². The van der Waals surface area contributed by atoms with Gasteiger partial charge in [-0.25, -0.2) is 17.0 Å². The second kappa shape index (κ2) is 3.54. The molecule has 0 atom stereocenters. The molecule has 0 radical (unpaired) electrons. The standard InChI is InChI=1S/C4H3F9OSi/c1-2(5,6)15(12,13)14-4(10,11)3(7,8)9/h1H3. The molecule has 0 unspecified atom stereocenters. The monoisotopic (exact) mass is 266 g/mol. The molecule has 0 aliphatic carbocycles. The molecule has 0 rings (SSSR count). The van der Waals surface area contributed by atoms with Gasteiger partial charge in [-0.2, -0.15) is 22.0 Å². The average Bonchev–Trinajstić information content (AvgIpc) is 1.77. The van der Waals surface area contributed by atoms with E-state index in [1.54, 1.807) is 0 Å². The van der Waals surface area contributed by atoms with Crippen LogP contribution < -0.4 is 0 Å². The van der Waals surface area contributed by atoms with Crippen LogP contribution in [0.15, 0.2) is 0 Å². The maximum atomic E-state index is 12.1. The second-order valence-electron chi connectivity index (χ2n) is 2.52. The minimum Gasteiger partial charge on any atom is -0.297 e. The van der Waals surface area contributed by atoms with Gasteiger partial charge in [0.1, 0.15) is 0 Å². The molecule has 0 aromatic carbocycles. The van der Waals surface area contributed by atoms with Gasteiger partial charge in [-0.3, -0.25) is 4.43 Å². The van der Waals surface area contributed by atoms with E-state index in [0.717, 1.165) is 0 Å². The lowest BCUT2D eigenvalue weighted by atomic mass is 10.6. The molecular weight excluding hydrogens is 263 g/mol. The molecule has 1 nitrogen and oxygen atoms in total. The van der Waals surface area contributed by atoms with Gasteiger partial charge in [0.2, 0.25) is 0 Å². The number of alkyl halides is 7. The Morgan fingerprint density at radius 2 is 1.20 bits per heavy atom. The molecule has 15 heavy (non-hydrogen) atoms. The largest absolute Gasteiger partial charge is 0.655 e. The highest BCUT2D eigenvalue weighted by Crippen LogP contribution is 2.42. The Hall–Kier alpha value is -0.453. The van der Waals surface area contributed by atoms with Crippen LogP contribution in [0.3, 0.4) is 0 Å². The molecule has 0 bridgehead atoms. The van der Waals surface area contributed by atoms with Crippen LogP contribution in [-0.2, 0) is 4.43 Å². The van der Waals surface area contributed by atoms with Crippen molar-refractivity contribution >= 4 is 8.99 Å². The predicted molar refractivity (Wildman–Crippen MR) is 30.7 cm³/mol. The highest BCUT2D eigenvalue weighted by atomic mass is 28.4. The summed E-state index contributed by atoms with van der Waals surface area (Å²) in [6.07, 6.45) is -12.8. The van der Waals surface area contributed by atoms with Gasteiger partial charge in [-0.15, -0.1) is 0 Å². The summed E-state index contributed by atoms with van der Waals surface area (Å²) in [6.45, 7) is -0.494. The Bertz CT molecular complexity index is 203. The first-order chi connectivity index (χ1) is 6.21. The lowest BCUT2D eigenvalue weighted by Gasteiger charge is -2.26. The first kappa shape index (κ1) is 14.5. The summed E-state index contributed by atoms with van der Waals surface area (Å²) in [5.74, 6) is 0. The smallest absolute Gasteiger partial charge is 0.297 e. The van der Waals surface area contributed by atoms with E-state index >= 15 is 0 Å². The molecule has 0 aliphatic heterocycles. The maximum absolute atomic E-state index is 12.1. The van der Waals surface area contributed by atoms with Crippen molar-refractivity contribution in [2.24, 2.45) is 0 Å². The summed E-state index contributed by atoms with van der Waals surface area (Å²) in [7, 11) is -7.45. The Balaban J connectivity index is 4.89. The van der Waals surface area contributed by atoms with Crippen molar-refractivity contribution in [2.45, 2.75) is 24.8 Å². The Labute approximate surface area is 78.3 Å². The van der Waals surface area contributed by atoms with Gasteiger partial charge in [-0.05, 0) is 0 Å². The third kappa shape index (κ3) is 3.26. The van der Waals surface area contributed by atoms with Crippen LogP contribution in [0.4, 0.5) is 38.9 Å². The van der Waals surface area contributed by atoms with E-state index in [0.29, 0.717) is 0 Å². The van der Waals surface area contributed by atoms with Crippen molar-refractivity contribution in [2.75, 3.05) is 0 Å². The molecule has 0 heterocycles. The number of hydrogen-bond acceptors (Lipinski definition) is 1. The fourth-order valence-electron chi connectivity index (χ4n) is 0.308. The van der Waals surface area contributed by atoms with Gasteiger partial charge in [0.25, 0.3) is 0 Å². The number of halogens is 9. The predicted octanol–water partition coefficient (Wildman–Crippen LogP) is 3.23. The van der Waals surface area contributed by atoms with E-state index in [1.165, 1.54) is 0 Å². The van der Waals surface area contributed by atoms with Crippen molar-refractivity contribution in [1.29, 1.82) is 0 Å². The van der Waals surface area contributed by atoms with Crippen molar-refractivity contribution in [1.82, 2.24) is 0 Å². The van der Waals surface area contributed by atoms with Crippen LogP contribution in [-0.4, -0.2) is 26.8 Å². The highest BCUT2D eigenvalue weighted by molar-refractivity contribution is 6.62. The second-order valence-corrected chi connectivity index (χ2v) is 4.64. The molecule has 0 saturated carbocycles. The van der Waals surface area contributed by atoms with E-state index in [9.17, 15) is 38.9 Å². The molecular formula is C4H3F9OSi. The van der Waals surface area contributed by atoms with Gasteiger partial charge in [0.15, 0.2) is 0 Å². The lowest BCUT2D eigenvalue weighted by Crippen LogP contribution is -2.55. The normalized spacial score (nSPS) is 15.6. The van der Waals surface area contributed by atoms with Gasteiger partial charge >= 0.3 is 26.8 Å². The van der Waals surface area contributed by atoms with E-state index in [1.807, 2.05) is 4.43 Å². The van der Waals surface area contributed by atoms with Crippen molar-refractivity contribution < 1.29 is 43.4 Å². The molecule has 0 amide bonds. The first-order valence-corrected chi connectivity index (χ1v) is 4.77. The van der Waals surface area contributed by atoms with Crippen molar-refractivity contribution in [3.8, 4) is 0 Å². The Kier molecular flexibility index (Phi) is 3.43. The summed E-state index contributed by atoms with van der Waals surface area (Å²) in [5.41, 5.74) is -5.03. The van der Waals surface area contributed by atoms with Crippen LogP contribution in [0.2, 0.25) is 0 Å². The maximum Gasteiger partial charge on any atom is 0.655 e. The molecule has 0 aromatic rings. The van der Waals surface area contributed by atoms with Gasteiger partial charge < -0.3 is 0 Å². The Morgan fingerprint density at radius 1 is 0.867 bits per heavy atom. The molecule has 0 saturated heterocycles. The third-order valence-corrected chi connectivity index (χ3v) is 2.63. The van der Waals surface area contributed by atoms with Crippen molar-refractivity contribution in [3.05, 3.63) is 0 Å². The average molecular weight is 266 g/mol.